The molecule has 1 aliphatic rings. The van der Waals surface area contributed by atoms with Crippen molar-refractivity contribution in [2.75, 3.05) is 7.11 Å². The molecule has 0 aliphatic heterocycles. The molecule has 0 atom stereocenters. The van der Waals surface area contributed by atoms with Crippen LogP contribution in [-0.2, 0) is 0 Å². The van der Waals surface area contributed by atoms with Gasteiger partial charge < -0.3 is 4.74 Å². The molecule has 17 heavy (non-hydrogen) atoms. The maximum absolute atomic E-state index is 12.2. The zero-order valence-corrected chi connectivity index (χ0v) is 10.3. The summed E-state index contributed by atoms with van der Waals surface area (Å²) in [7, 11) is 1.56. The lowest BCUT2D eigenvalue weighted by atomic mass is 9.85. The Morgan fingerprint density at radius 3 is 2.88 bits per heavy atom. The Kier molecular flexibility index (Phi) is 4.13. The van der Waals surface area contributed by atoms with E-state index >= 15 is 0 Å². The third kappa shape index (κ3) is 3.05. The Hall–Kier alpha value is -1.38. The van der Waals surface area contributed by atoms with Crippen LogP contribution in [0, 0.1) is 5.92 Å². The summed E-state index contributed by atoms with van der Waals surface area (Å²) in [4.78, 5) is 16.2. The van der Waals surface area contributed by atoms with Gasteiger partial charge in [0.15, 0.2) is 5.78 Å². The fraction of sp³-hybridized carbons (Fsp3) is 0.571. The van der Waals surface area contributed by atoms with E-state index in [9.17, 15) is 4.79 Å². The predicted octanol–water partition coefficient (Wildman–Crippen LogP) is 3.24. The second-order valence-electron chi connectivity index (χ2n) is 4.69. The molecule has 0 unspecified atom stereocenters. The van der Waals surface area contributed by atoms with Gasteiger partial charge in [0.05, 0.1) is 12.7 Å². The second kappa shape index (κ2) is 5.80. The van der Waals surface area contributed by atoms with Gasteiger partial charge in [-0.2, -0.15) is 0 Å². The van der Waals surface area contributed by atoms with E-state index in [1.165, 1.54) is 32.1 Å². The first-order chi connectivity index (χ1) is 8.31. The molecule has 0 radical (unpaired) electrons. The Bertz CT molecular complexity index is 384. The van der Waals surface area contributed by atoms with E-state index in [0.29, 0.717) is 23.8 Å². The monoisotopic (exact) mass is 233 g/mol. The molecule has 0 spiro atoms. The van der Waals surface area contributed by atoms with Crippen LogP contribution in [-0.4, -0.2) is 17.9 Å². The zero-order valence-electron chi connectivity index (χ0n) is 10.3. The van der Waals surface area contributed by atoms with Crippen LogP contribution >= 0.6 is 0 Å². The number of rotatable bonds is 4. The molecule has 1 heterocycles. The van der Waals surface area contributed by atoms with Crippen LogP contribution in [0.4, 0.5) is 0 Å². The van der Waals surface area contributed by atoms with E-state index in [1.807, 2.05) is 0 Å². The van der Waals surface area contributed by atoms with Crippen molar-refractivity contribution in [2.45, 2.75) is 38.5 Å². The average molecular weight is 233 g/mol. The van der Waals surface area contributed by atoms with Crippen molar-refractivity contribution in [2.24, 2.45) is 5.92 Å². The normalized spacial score (nSPS) is 16.8. The number of carbonyl (C=O) groups excluding carboxylic acids is 1. The van der Waals surface area contributed by atoms with Crippen molar-refractivity contribution in [3.8, 4) is 5.88 Å². The Morgan fingerprint density at radius 1 is 1.41 bits per heavy atom. The highest BCUT2D eigenvalue weighted by atomic mass is 16.5. The van der Waals surface area contributed by atoms with Crippen LogP contribution in [0.25, 0.3) is 0 Å². The Balaban J connectivity index is 2.03. The molecule has 0 bridgehead atoms. The first-order valence-corrected chi connectivity index (χ1v) is 6.33. The van der Waals surface area contributed by atoms with Crippen LogP contribution in [0.15, 0.2) is 18.3 Å². The number of aromatic nitrogens is 1. The number of methoxy groups -OCH3 is 1. The summed E-state index contributed by atoms with van der Waals surface area (Å²) in [5.74, 6) is 1.18. The van der Waals surface area contributed by atoms with E-state index in [-0.39, 0.29) is 5.78 Å². The van der Waals surface area contributed by atoms with Gasteiger partial charge >= 0.3 is 0 Å². The lowest BCUT2D eigenvalue weighted by molar-refractivity contribution is 0.0946. The maximum atomic E-state index is 12.2. The largest absolute Gasteiger partial charge is 0.480 e. The smallest absolute Gasteiger partial charge is 0.224 e. The molecule has 2 rings (SSSR count). The number of hydrogen-bond donors (Lipinski definition) is 0. The number of ether oxygens (including phenoxy) is 1. The van der Waals surface area contributed by atoms with E-state index in [4.69, 9.17) is 4.74 Å². The van der Waals surface area contributed by atoms with Gasteiger partial charge in [0.25, 0.3) is 0 Å². The third-order valence-corrected chi connectivity index (χ3v) is 3.46. The minimum atomic E-state index is 0.168. The third-order valence-electron chi connectivity index (χ3n) is 3.46. The van der Waals surface area contributed by atoms with Crippen LogP contribution in [0.1, 0.15) is 48.9 Å². The van der Waals surface area contributed by atoms with Crippen LogP contribution in [0.2, 0.25) is 0 Å². The standard InChI is InChI=1S/C14H19NO2/c1-17-14-12(8-5-9-15-14)13(16)10-11-6-3-2-4-7-11/h5,8-9,11H,2-4,6-7,10H2,1H3. The minimum Gasteiger partial charge on any atom is -0.480 e. The van der Waals surface area contributed by atoms with Gasteiger partial charge in [-0.1, -0.05) is 32.1 Å². The molecule has 0 amide bonds. The molecule has 3 nitrogen and oxygen atoms in total. The molecule has 1 fully saturated rings. The summed E-state index contributed by atoms with van der Waals surface area (Å²) in [5, 5.41) is 0. The predicted molar refractivity (Wildman–Crippen MR) is 66.3 cm³/mol. The molecular formula is C14H19NO2. The molecule has 1 aromatic heterocycles. The number of Topliss-reactive ketones (excluding diaryl/α,β-unsaturated/α-hetero) is 1. The van der Waals surface area contributed by atoms with Gasteiger partial charge in [0.1, 0.15) is 0 Å². The van der Waals surface area contributed by atoms with Crippen molar-refractivity contribution < 1.29 is 9.53 Å². The average Bonchev–Trinajstić information content (AvgIpc) is 2.40. The van der Waals surface area contributed by atoms with E-state index in [2.05, 4.69) is 4.98 Å². The van der Waals surface area contributed by atoms with Crippen molar-refractivity contribution in [3.63, 3.8) is 0 Å². The number of nitrogens with zero attached hydrogens (tertiary/aromatic N) is 1. The van der Waals surface area contributed by atoms with Gasteiger partial charge in [-0.05, 0) is 18.1 Å². The van der Waals surface area contributed by atoms with Crippen molar-refractivity contribution >= 4 is 5.78 Å². The second-order valence-corrected chi connectivity index (χ2v) is 4.69. The molecule has 0 aromatic carbocycles. The van der Waals surface area contributed by atoms with Crippen LogP contribution in [0.5, 0.6) is 5.88 Å². The van der Waals surface area contributed by atoms with Crippen molar-refractivity contribution in [3.05, 3.63) is 23.9 Å². The minimum absolute atomic E-state index is 0.168. The Morgan fingerprint density at radius 2 is 2.18 bits per heavy atom. The van der Waals surface area contributed by atoms with Gasteiger partial charge in [-0.3, -0.25) is 4.79 Å². The molecule has 0 N–H and O–H groups in total. The highest BCUT2D eigenvalue weighted by Gasteiger charge is 2.20. The van der Waals surface area contributed by atoms with E-state index in [0.717, 1.165) is 0 Å². The van der Waals surface area contributed by atoms with Crippen LogP contribution in [0.3, 0.4) is 0 Å². The van der Waals surface area contributed by atoms with Gasteiger partial charge in [0, 0.05) is 12.6 Å². The summed E-state index contributed by atoms with van der Waals surface area (Å²) in [6.07, 6.45) is 8.52. The van der Waals surface area contributed by atoms with Crippen molar-refractivity contribution in [1.29, 1.82) is 0 Å². The molecule has 3 heteroatoms. The summed E-state index contributed by atoms with van der Waals surface area (Å²) in [5.41, 5.74) is 0.626. The SMILES string of the molecule is COc1ncccc1C(=O)CC1CCCCC1. The quantitative estimate of drug-likeness (QED) is 0.749. The van der Waals surface area contributed by atoms with E-state index < -0.39 is 0 Å². The van der Waals surface area contributed by atoms with Crippen LogP contribution < -0.4 is 4.74 Å². The molecule has 92 valence electrons. The summed E-state index contributed by atoms with van der Waals surface area (Å²) < 4.78 is 5.12. The maximum Gasteiger partial charge on any atom is 0.224 e. The first kappa shape index (κ1) is 12.1. The topological polar surface area (TPSA) is 39.2 Å². The van der Waals surface area contributed by atoms with Crippen molar-refractivity contribution in [1.82, 2.24) is 4.98 Å². The highest BCUT2D eigenvalue weighted by Crippen LogP contribution is 2.28. The number of ketones is 1. The number of pyridine rings is 1. The lowest BCUT2D eigenvalue weighted by Gasteiger charge is -2.20. The Labute approximate surface area is 102 Å². The summed E-state index contributed by atoms with van der Waals surface area (Å²) in [6, 6.07) is 3.59. The number of carbonyl (C=O) groups is 1. The fourth-order valence-electron chi connectivity index (χ4n) is 2.53. The number of hydrogen-bond acceptors (Lipinski definition) is 3. The highest BCUT2D eigenvalue weighted by molar-refractivity contribution is 5.98. The fourth-order valence-corrected chi connectivity index (χ4v) is 2.53. The zero-order chi connectivity index (χ0) is 12.1. The van der Waals surface area contributed by atoms with Gasteiger partial charge in [-0.15, -0.1) is 0 Å². The molecular weight excluding hydrogens is 214 g/mol. The molecule has 1 aliphatic carbocycles. The first-order valence-electron chi connectivity index (χ1n) is 6.33. The summed E-state index contributed by atoms with van der Waals surface area (Å²) in [6.45, 7) is 0. The van der Waals surface area contributed by atoms with E-state index in [1.54, 1.807) is 25.4 Å². The summed E-state index contributed by atoms with van der Waals surface area (Å²) >= 11 is 0. The lowest BCUT2D eigenvalue weighted by Crippen LogP contribution is -2.13. The molecule has 1 saturated carbocycles. The van der Waals surface area contributed by atoms with Gasteiger partial charge in [0.2, 0.25) is 5.88 Å². The molecule has 0 saturated heterocycles. The van der Waals surface area contributed by atoms with Gasteiger partial charge in [-0.25, -0.2) is 4.98 Å². The molecule has 1 aromatic rings.